The summed E-state index contributed by atoms with van der Waals surface area (Å²) in [4.78, 5) is 12.0. The first-order chi connectivity index (χ1) is 14.0. The fraction of sp³-hybridized carbons (Fsp3) is 0.640. The molecule has 1 N–H and O–H groups in total. The van der Waals surface area contributed by atoms with Crippen LogP contribution in [0.5, 0.6) is 0 Å². The third-order valence-corrected chi connectivity index (χ3v) is 7.59. The van der Waals surface area contributed by atoms with Crippen LogP contribution in [0.4, 0.5) is 0 Å². The second-order valence-corrected chi connectivity index (χ2v) is 10.5. The first-order valence-corrected chi connectivity index (χ1v) is 11.0. The van der Waals surface area contributed by atoms with Gasteiger partial charge in [0.25, 0.3) is 0 Å². The molecule has 1 aromatic rings. The van der Waals surface area contributed by atoms with Crippen LogP contribution < -0.4 is 0 Å². The summed E-state index contributed by atoms with van der Waals surface area (Å²) in [5, 5.41) is 11.9. The van der Waals surface area contributed by atoms with E-state index in [1.165, 1.54) is 12.3 Å². The summed E-state index contributed by atoms with van der Waals surface area (Å²) < 4.78 is 17.7. The van der Waals surface area contributed by atoms with E-state index < -0.39 is 5.60 Å². The van der Waals surface area contributed by atoms with Gasteiger partial charge >= 0.3 is 5.97 Å². The van der Waals surface area contributed by atoms with Gasteiger partial charge in [-0.3, -0.25) is 0 Å². The predicted octanol–water partition coefficient (Wildman–Crippen LogP) is 5.13. The molecule has 3 aliphatic rings. The monoisotopic (exact) mass is 414 g/mol. The summed E-state index contributed by atoms with van der Waals surface area (Å²) in [6, 6.07) is 2.03. The molecule has 1 saturated heterocycles. The molecule has 5 heteroatoms. The minimum atomic E-state index is -1.13. The summed E-state index contributed by atoms with van der Waals surface area (Å²) in [6.07, 6.45) is 7.84. The molecule has 1 saturated carbocycles. The molecule has 2 heterocycles. The normalized spacial score (nSPS) is 36.7. The highest BCUT2D eigenvalue weighted by Gasteiger charge is 2.62. The van der Waals surface area contributed by atoms with E-state index in [4.69, 9.17) is 13.9 Å². The van der Waals surface area contributed by atoms with Crippen LogP contribution in [0.25, 0.3) is 0 Å². The van der Waals surface area contributed by atoms with E-state index in [0.29, 0.717) is 5.76 Å². The number of furan rings is 1. The Bertz CT molecular complexity index is 903. The molecule has 0 radical (unpaired) electrons. The zero-order valence-electron chi connectivity index (χ0n) is 19.0. The molecule has 2 aliphatic carbocycles. The van der Waals surface area contributed by atoms with Crippen molar-refractivity contribution in [3.8, 4) is 0 Å². The molecule has 0 spiro atoms. The standard InChI is InChI=1S/C25H34O5/c1-15(2)11-21(26)28-10-8-18-17-12-16(3)30-22(17)25(27)14-29-23(4,5)19-7-9-24(18,6)13-20(19)25/h8,10-12,18-20,27H,7,9,13-14H2,1-6H3/b10-8+/t18-,19?,20-,24-,25-/m0/s1. The smallest absolute Gasteiger partial charge is 0.335 e. The van der Waals surface area contributed by atoms with Gasteiger partial charge in [-0.05, 0) is 77.4 Å². The number of allylic oxidation sites excluding steroid dienone is 2. The van der Waals surface area contributed by atoms with Crippen LogP contribution in [0.1, 0.15) is 76.9 Å². The lowest BCUT2D eigenvalue weighted by Gasteiger charge is -2.56. The van der Waals surface area contributed by atoms with Gasteiger partial charge in [-0.25, -0.2) is 4.79 Å². The van der Waals surface area contributed by atoms with Gasteiger partial charge in [0.15, 0.2) is 0 Å². The highest BCUT2D eigenvalue weighted by Crippen LogP contribution is 2.63. The quantitative estimate of drug-likeness (QED) is 0.422. The summed E-state index contributed by atoms with van der Waals surface area (Å²) >= 11 is 0. The van der Waals surface area contributed by atoms with E-state index in [9.17, 15) is 9.90 Å². The zero-order valence-corrected chi connectivity index (χ0v) is 19.0. The zero-order chi connectivity index (χ0) is 21.9. The Kier molecular flexibility index (Phi) is 5.06. The number of ether oxygens (including phenoxy) is 2. The Morgan fingerprint density at radius 1 is 1.27 bits per heavy atom. The number of rotatable bonds is 3. The van der Waals surface area contributed by atoms with E-state index in [1.54, 1.807) is 0 Å². The number of carbonyl (C=O) groups is 1. The number of aliphatic hydroxyl groups is 1. The van der Waals surface area contributed by atoms with Gasteiger partial charge in [-0.1, -0.05) is 12.5 Å². The van der Waals surface area contributed by atoms with Gasteiger partial charge in [0.2, 0.25) is 0 Å². The van der Waals surface area contributed by atoms with E-state index in [2.05, 4.69) is 20.8 Å². The van der Waals surface area contributed by atoms with Gasteiger partial charge in [0.05, 0.1) is 18.5 Å². The molecular formula is C25H34O5. The second kappa shape index (κ2) is 7.10. The maximum atomic E-state index is 12.0. The number of esters is 1. The lowest BCUT2D eigenvalue weighted by Crippen LogP contribution is -2.58. The average Bonchev–Trinajstić information content (AvgIpc) is 3.01. The van der Waals surface area contributed by atoms with Crippen molar-refractivity contribution in [2.24, 2.45) is 17.3 Å². The first-order valence-electron chi connectivity index (χ1n) is 11.0. The Hall–Kier alpha value is -1.85. The van der Waals surface area contributed by atoms with Crippen molar-refractivity contribution in [3.05, 3.63) is 47.1 Å². The number of aryl methyl sites for hydroxylation is 1. The van der Waals surface area contributed by atoms with Crippen molar-refractivity contribution < 1.29 is 23.8 Å². The molecular weight excluding hydrogens is 380 g/mol. The minimum absolute atomic E-state index is 0.0110. The van der Waals surface area contributed by atoms with Gasteiger partial charge in [0.1, 0.15) is 17.1 Å². The van der Waals surface area contributed by atoms with Crippen LogP contribution in [-0.4, -0.2) is 23.3 Å². The van der Waals surface area contributed by atoms with E-state index in [-0.39, 0.29) is 41.3 Å². The largest absolute Gasteiger partial charge is 0.463 e. The van der Waals surface area contributed by atoms with E-state index in [0.717, 1.165) is 36.2 Å². The van der Waals surface area contributed by atoms with Crippen molar-refractivity contribution in [1.29, 1.82) is 0 Å². The fourth-order valence-electron chi connectivity index (χ4n) is 6.06. The summed E-state index contributed by atoms with van der Waals surface area (Å²) in [5.74, 6) is 1.35. The summed E-state index contributed by atoms with van der Waals surface area (Å²) in [5.41, 5.74) is 0.416. The van der Waals surface area contributed by atoms with Crippen molar-refractivity contribution >= 4 is 5.97 Å². The molecule has 5 atom stereocenters. The molecule has 5 nitrogen and oxygen atoms in total. The Morgan fingerprint density at radius 3 is 2.70 bits per heavy atom. The SMILES string of the molecule is CC(C)=CC(=O)O/C=C/[C@H]1c2cc(C)oc2[C@]2(O)COC(C)(C)C3CC[C@@]1(C)C[C@@H]32. The molecule has 1 aromatic heterocycles. The first kappa shape index (κ1) is 21.4. The van der Waals surface area contributed by atoms with Gasteiger partial charge < -0.3 is 19.0 Å². The van der Waals surface area contributed by atoms with Crippen molar-refractivity contribution in [2.75, 3.05) is 6.61 Å². The number of hydrogen-bond acceptors (Lipinski definition) is 5. The maximum Gasteiger partial charge on any atom is 0.335 e. The highest BCUT2D eigenvalue weighted by atomic mass is 16.5. The Balaban J connectivity index is 1.76. The molecule has 0 amide bonds. The molecule has 164 valence electrons. The van der Waals surface area contributed by atoms with Crippen LogP contribution in [-0.2, 0) is 19.9 Å². The lowest BCUT2D eigenvalue weighted by atomic mass is 9.55. The van der Waals surface area contributed by atoms with Gasteiger partial charge in [-0.2, -0.15) is 0 Å². The number of carbonyl (C=O) groups excluding carboxylic acids is 1. The van der Waals surface area contributed by atoms with Crippen molar-refractivity contribution in [1.82, 2.24) is 0 Å². The predicted molar refractivity (Wildman–Crippen MR) is 114 cm³/mol. The lowest BCUT2D eigenvalue weighted by molar-refractivity contribution is -0.247. The third kappa shape index (κ3) is 3.36. The fourth-order valence-corrected chi connectivity index (χ4v) is 6.06. The van der Waals surface area contributed by atoms with E-state index in [1.807, 2.05) is 32.9 Å². The average molecular weight is 415 g/mol. The molecule has 1 unspecified atom stereocenters. The number of fused-ring (bicyclic) bond motifs is 3. The Labute approximate surface area is 179 Å². The number of hydrogen-bond donors (Lipinski definition) is 1. The van der Waals surface area contributed by atoms with Crippen LogP contribution >= 0.6 is 0 Å². The third-order valence-electron chi connectivity index (χ3n) is 7.59. The molecule has 1 aliphatic heterocycles. The van der Waals surface area contributed by atoms with Gasteiger partial charge in [0, 0.05) is 23.5 Å². The summed E-state index contributed by atoms with van der Waals surface area (Å²) in [7, 11) is 0. The molecule has 4 rings (SSSR count). The maximum absolute atomic E-state index is 12.0. The van der Waals surface area contributed by atoms with E-state index >= 15 is 0 Å². The van der Waals surface area contributed by atoms with Crippen molar-refractivity contribution in [3.63, 3.8) is 0 Å². The minimum Gasteiger partial charge on any atom is -0.463 e. The van der Waals surface area contributed by atoms with Crippen LogP contribution in [0.15, 0.2) is 34.5 Å². The molecule has 0 aromatic carbocycles. The molecule has 2 fully saturated rings. The molecule has 30 heavy (non-hydrogen) atoms. The Morgan fingerprint density at radius 2 is 2.00 bits per heavy atom. The van der Waals surface area contributed by atoms with Crippen molar-refractivity contribution in [2.45, 2.75) is 77.9 Å². The van der Waals surface area contributed by atoms with Gasteiger partial charge in [-0.15, -0.1) is 0 Å². The summed E-state index contributed by atoms with van der Waals surface area (Å²) in [6.45, 7) is 12.4. The second-order valence-electron chi connectivity index (χ2n) is 10.5. The van der Waals surface area contributed by atoms with Crippen LogP contribution in [0.3, 0.4) is 0 Å². The topological polar surface area (TPSA) is 68.9 Å². The molecule has 2 bridgehead atoms. The highest BCUT2D eigenvalue weighted by molar-refractivity contribution is 5.83. The van der Waals surface area contributed by atoms with Crippen LogP contribution in [0.2, 0.25) is 0 Å². The van der Waals surface area contributed by atoms with Crippen LogP contribution in [0, 0.1) is 24.2 Å².